The second-order valence-corrected chi connectivity index (χ2v) is 5.56. The molecule has 22 heavy (non-hydrogen) atoms. The van der Waals surface area contributed by atoms with Crippen molar-refractivity contribution in [3.05, 3.63) is 53.9 Å². The largest absolute Gasteiger partial charge is 0.371 e. The van der Waals surface area contributed by atoms with Crippen molar-refractivity contribution in [3.63, 3.8) is 0 Å². The van der Waals surface area contributed by atoms with Crippen LogP contribution in [0.25, 0.3) is 0 Å². The number of hydrogen-bond acceptors (Lipinski definition) is 3. The van der Waals surface area contributed by atoms with Gasteiger partial charge in [0.25, 0.3) is 5.91 Å². The molecular weight excluding hydrogens is 274 g/mol. The van der Waals surface area contributed by atoms with Crippen molar-refractivity contribution in [1.29, 1.82) is 0 Å². The Bertz CT molecular complexity index is 663. The summed E-state index contributed by atoms with van der Waals surface area (Å²) in [5.41, 5.74) is 3.55. The fourth-order valence-corrected chi connectivity index (χ4v) is 2.85. The summed E-state index contributed by atoms with van der Waals surface area (Å²) in [5, 5.41) is 2.98. The standard InChI is InChI=1S/C18H21N3O/c1-2-14-7-3-4-8-16(14)20-18(22)17-13-15(9-10-19-17)21-11-5-6-12-21/h3-4,7-10,13H,2,5-6,11-12H2,1H3,(H,20,22). The van der Waals surface area contributed by atoms with Gasteiger partial charge in [0.05, 0.1) is 0 Å². The van der Waals surface area contributed by atoms with Crippen LogP contribution < -0.4 is 10.2 Å². The molecule has 2 aromatic rings. The first-order chi connectivity index (χ1) is 10.8. The number of pyridine rings is 1. The van der Waals surface area contributed by atoms with Crippen LogP contribution in [-0.4, -0.2) is 24.0 Å². The zero-order valence-corrected chi connectivity index (χ0v) is 12.9. The Labute approximate surface area is 131 Å². The first-order valence-electron chi connectivity index (χ1n) is 7.88. The van der Waals surface area contributed by atoms with Crippen LogP contribution in [0, 0.1) is 0 Å². The number of aryl methyl sites for hydroxylation is 1. The SMILES string of the molecule is CCc1ccccc1NC(=O)c1cc(N2CCCC2)ccn1. The van der Waals surface area contributed by atoms with Crippen LogP contribution in [0.3, 0.4) is 0 Å². The van der Waals surface area contributed by atoms with Gasteiger partial charge in [0.2, 0.25) is 0 Å². The molecule has 1 saturated heterocycles. The summed E-state index contributed by atoms with van der Waals surface area (Å²) in [4.78, 5) is 19.0. The van der Waals surface area contributed by atoms with E-state index in [-0.39, 0.29) is 5.91 Å². The number of amides is 1. The highest BCUT2D eigenvalue weighted by atomic mass is 16.1. The van der Waals surface area contributed by atoms with E-state index in [1.807, 2.05) is 36.4 Å². The molecule has 0 atom stereocenters. The molecular formula is C18H21N3O. The van der Waals surface area contributed by atoms with E-state index < -0.39 is 0 Å². The Hall–Kier alpha value is -2.36. The van der Waals surface area contributed by atoms with Crippen LogP contribution in [0.15, 0.2) is 42.6 Å². The molecule has 0 saturated carbocycles. The number of carbonyl (C=O) groups is 1. The maximum absolute atomic E-state index is 12.5. The van der Waals surface area contributed by atoms with Crippen molar-refractivity contribution in [2.45, 2.75) is 26.2 Å². The minimum Gasteiger partial charge on any atom is -0.371 e. The molecule has 114 valence electrons. The van der Waals surface area contributed by atoms with Gasteiger partial charge < -0.3 is 10.2 Å². The van der Waals surface area contributed by atoms with Gasteiger partial charge in [0.15, 0.2) is 0 Å². The highest BCUT2D eigenvalue weighted by molar-refractivity contribution is 6.03. The lowest BCUT2D eigenvalue weighted by atomic mass is 10.1. The first-order valence-corrected chi connectivity index (χ1v) is 7.88. The summed E-state index contributed by atoms with van der Waals surface area (Å²) in [7, 11) is 0. The van der Waals surface area contributed by atoms with E-state index in [1.54, 1.807) is 6.20 Å². The van der Waals surface area contributed by atoms with Crippen LogP contribution in [0.1, 0.15) is 35.8 Å². The lowest BCUT2D eigenvalue weighted by molar-refractivity contribution is 0.102. The number of rotatable bonds is 4. The van der Waals surface area contributed by atoms with Crippen molar-refractivity contribution in [3.8, 4) is 0 Å². The molecule has 1 fully saturated rings. The third-order valence-corrected chi connectivity index (χ3v) is 4.09. The normalized spacial score (nSPS) is 14.1. The second kappa shape index (κ2) is 6.60. The minimum atomic E-state index is -0.151. The molecule has 1 aliphatic rings. The number of anilines is 2. The molecule has 1 amide bonds. The van der Waals surface area contributed by atoms with E-state index in [2.05, 4.69) is 22.1 Å². The average molecular weight is 295 g/mol. The van der Waals surface area contributed by atoms with Crippen LogP contribution in [0.2, 0.25) is 0 Å². The summed E-state index contributed by atoms with van der Waals surface area (Å²) >= 11 is 0. The molecule has 1 aromatic carbocycles. The zero-order valence-electron chi connectivity index (χ0n) is 12.9. The second-order valence-electron chi connectivity index (χ2n) is 5.56. The number of nitrogens with zero attached hydrogens (tertiary/aromatic N) is 2. The summed E-state index contributed by atoms with van der Waals surface area (Å²) in [6, 6.07) is 11.7. The predicted octanol–water partition coefficient (Wildman–Crippen LogP) is 3.50. The van der Waals surface area contributed by atoms with Crippen LogP contribution in [0.5, 0.6) is 0 Å². The number of aromatic nitrogens is 1. The molecule has 0 spiro atoms. The van der Waals surface area contributed by atoms with E-state index >= 15 is 0 Å². The summed E-state index contributed by atoms with van der Waals surface area (Å²) in [6.45, 7) is 4.20. The van der Waals surface area contributed by atoms with Crippen molar-refractivity contribution >= 4 is 17.3 Å². The number of benzene rings is 1. The number of nitrogens with one attached hydrogen (secondary N) is 1. The Kier molecular flexibility index (Phi) is 4.37. The van der Waals surface area contributed by atoms with Crippen molar-refractivity contribution < 1.29 is 4.79 Å². The molecule has 4 nitrogen and oxygen atoms in total. The molecule has 0 unspecified atom stereocenters. The number of hydrogen-bond donors (Lipinski definition) is 1. The smallest absolute Gasteiger partial charge is 0.274 e. The van der Waals surface area contributed by atoms with Gasteiger partial charge in [0.1, 0.15) is 5.69 Å². The lowest BCUT2D eigenvalue weighted by Gasteiger charge is -2.18. The van der Waals surface area contributed by atoms with Gasteiger partial charge in [-0.15, -0.1) is 0 Å². The Morgan fingerprint density at radius 1 is 1.23 bits per heavy atom. The van der Waals surface area contributed by atoms with E-state index in [9.17, 15) is 4.79 Å². The van der Waals surface area contributed by atoms with Gasteiger partial charge in [-0.1, -0.05) is 25.1 Å². The third-order valence-electron chi connectivity index (χ3n) is 4.09. The van der Waals surface area contributed by atoms with E-state index in [1.165, 1.54) is 12.8 Å². The zero-order chi connectivity index (χ0) is 15.4. The topological polar surface area (TPSA) is 45.2 Å². The number of carbonyl (C=O) groups excluding carboxylic acids is 1. The Morgan fingerprint density at radius 2 is 2.00 bits per heavy atom. The van der Waals surface area contributed by atoms with E-state index in [4.69, 9.17) is 0 Å². The van der Waals surface area contributed by atoms with Gasteiger partial charge in [-0.25, -0.2) is 0 Å². The maximum Gasteiger partial charge on any atom is 0.274 e. The molecule has 1 aliphatic heterocycles. The molecule has 0 aliphatic carbocycles. The predicted molar refractivity (Wildman–Crippen MR) is 89.5 cm³/mol. The fourth-order valence-electron chi connectivity index (χ4n) is 2.85. The molecule has 0 bridgehead atoms. The van der Waals surface area contributed by atoms with Crippen LogP contribution in [-0.2, 0) is 6.42 Å². The summed E-state index contributed by atoms with van der Waals surface area (Å²) in [6.07, 6.45) is 5.04. The van der Waals surface area contributed by atoms with Gasteiger partial charge in [-0.2, -0.15) is 0 Å². The molecule has 0 radical (unpaired) electrons. The van der Waals surface area contributed by atoms with E-state index in [0.29, 0.717) is 5.69 Å². The average Bonchev–Trinajstić information content (AvgIpc) is 3.10. The van der Waals surface area contributed by atoms with Crippen molar-refractivity contribution in [2.75, 3.05) is 23.3 Å². The quantitative estimate of drug-likeness (QED) is 0.939. The molecule has 1 N–H and O–H groups in total. The van der Waals surface area contributed by atoms with E-state index in [0.717, 1.165) is 36.4 Å². The molecule has 4 heteroatoms. The van der Waals surface area contributed by atoms with Crippen molar-refractivity contribution in [2.24, 2.45) is 0 Å². The Balaban J connectivity index is 1.78. The van der Waals surface area contributed by atoms with Crippen molar-refractivity contribution in [1.82, 2.24) is 4.98 Å². The van der Waals surface area contributed by atoms with Gasteiger partial charge in [-0.3, -0.25) is 9.78 Å². The Morgan fingerprint density at radius 3 is 2.77 bits per heavy atom. The maximum atomic E-state index is 12.5. The van der Waals surface area contributed by atoms with Gasteiger partial charge in [0, 0.05) is 30.7 Å². The third kappa shape index (κ3) is 3.11. The highest BCUT2D eigenvalue weighted by Crippen LogP contribution is 2.21. The summed E-state index contributed by atoms with van der Waals surface area (Å²) < 4.78 is 0. The van der Waals surface area contributed by atoms with Gasteiger partial charge in [-0.05, 0) is 43.0 Å². The molecule has 2 heterocycles. The highest BCUT2D eigenvalue weighted by Gasteiger charge is 2.15. The molecule has 1 aromatic heterocycles. The lowest BCUT2D eigenvalue weighted by Crippen LogP contribution is -2.20. The minimum absolute atomic E-state index is 0.151. The first kappa shape index (κ1) is 14.6. The molecule has 3 rings (SSSR count). The summed E-state index contributed by atoms with van der Waals surface area (Å²) in [5.74, 6) is -0.151. The van der Waals surface area contributed by atoms with Crippen LogP contribution in [0.4, 0.5) is 11.4 Å². The monoisotopic (exact) mass is 295 g/mol. The van der Waals surface area contributed by atoms with Gasteiger partial charge >= 0.3 is 0 Å². The van der Waals surface area contributed by atoms with Crippen LogP contribution >= 0.6 is 0 Å². The number of para-hydroxylation sites is 1. The fraction of sp³-hybridized carbons (Fsp3) is 0.333.